The van der Waals surface area contributed by atoms with Gasteiger partial charge in [-0.25, -0.2) is 0 Å². The van der Waals surface area contributed by atoms with Gasteiger partial charge in [0.05, 0.1) is 17.2 Å². The number of hydrogen-bond acceptors (Lipinski definition) is 5. The van der Waals surface area contributed by atoms with E-state index in [0.717, 1.165) is 22.3 Å². The number of aromatic nitrogens is 1. The lowest BCUT2D eigenvalue weighted by Crippen LogP contribution is -2.18. The van der Waals surface area contributed by atoms with Crippen LogP contribution in [0.15, 0.2) is 71.9 Å². The Bertz CT molecular complexity index is 1450. The van der Waals surface area contributed by atoms with E-state index in [9.17, 15) is 14.9 Å². The minimum Gasteiger partial charge on any atom is -0.388 e. The molecule has 2 amide bonds. The number of carbonyl (C=O) groups excluding carboxylic acids is 2. The average Bonchev–Trinajstić information content (AvgIpc) is 2.88. The van der Waals surface area contributed by atoms with Crippen molar-refractivity contribution in [2.24, 2.45) is 10.7 Å². The summed E-state index contributed by atoms with van der Waals surface area (Å²) in [7, 11) is 1.77. The van der Waals surface area contributed by atoms with Crippen LogP contribution in [0, 0.1) is 18.3 Å². The third-order valence-corrected chi connectivity index (χ3v) is 5.77. The normalized spacial score (nSPS) is 12.0. The monoisotopic (exact) mass is 494 g/mol. The maximum absolute atomic E-state index is 13.0. The SMILES string of the molecule is CN/C(=C\C(N)=NC(C)=O)c1cccc(-c2cc(NC(=O)c3ccnc(C(C)(C)C#N)c3)ccc2C)c1. The summed E-state index contributed by atoms with van der Waals surface area (Å²) >= 11 is 0. The van der Waals surface area contributed by atoms with E-state index in [4.69, 9.17) is 5.73 Å². The highest BCUT2D eigenvalue weighted by Crippen LogP contribution is 2.29. The van der Waals surface area contributed by atoms with Crippen LogP contribution in [-0.4, -0.2) is 29.7 Å². The number of aliphatic imine (C=N–C) groups is 1. The number of amides is 2. The number of nitrogens with one attached hydrogen (secondary N) is 2. The van der Waals surface area contributed by atoms with Crippen LogP contribution in [0.4, 0.5) is 5.69 Å². The van der Waals surface area contributed by atoms with Gasteiger partial charge in [-0.3, -0.25) is 14.6 Å². The number of pyridine rings is 1. The van der Waals surface area contributed by atoms with Crippen LogP contribution in [-0.2, 0) is 10.2 Å². The first-order valence-corrected chi connectivity index (χ1v) is 11.7. The van der Waals surface area contributed by atoms with Gasteiger partial charge < -0.3 is 16.4 Å². The van der Waals surface area contributed by atoms with Crippen LogP contribution in [0.25, 0.3) is 16.8 Å². The van der Waals surface area contributed by atoms with E-state index in [2.05, 4.69) is 26.7 Å². The maximum Gasteiger partial charge on any atom is 0.255 e. The van der Waals surface area contributed by atoms with Crippen LogP contribution in [0.1, 0.15) is 48.0 Å². The lowest BCUT2D eigenvalue weighted by molar-refractivity contribution is -0.115. The van der Waals surface area contributed by atoms with Crippen LogP contribution < -0.4 is 16.4 Å². The Labute approximate surface area is 217 Å². The van der Waals surface area contributed by atoms with Crippen molar-refractivity contribution in [1.82, 2.24) is 10.3 Å². The number of rotatable bonds is 7. The number of hydrogen-bond donors (Lipinski definition) is 3. The molecule has 2 aromatic carbocycles. The van der Waals surface area contributed by atoms with Gasteiger partial charge in [-0.2, -0.15) is 10.3 Å². The minimum absolute atomic E-state index is 0.112. The largest absolute Gasteiger partial charge is 0.388 e. The highest BCUT2D eigenvalue weighted by molar-refractivity contribution is 6.05. The second kappa shape index (κ2) is 11.3. The number of amidine groups is 1. The fourth-order valence-corrected chi connectivity index (χ4v) is 3.70. The Morgan fingerprint density at radius 2 is 1.86 bits per heavy atom. The summed E-state index contributed by atoms with van der Waals surface area (Å²) in [4.78, 5) is 32.2. The average molecular weight is 495 g/mol. The van der Waals surface area contributed by atoms with Gasteiger partial charge in [0.1, 0.15) is 5.84 Å². The van der Waals surface area contributed by atoms with Gasteiger partial charge in [0.2, 0.25) is 5.91 Å². The predicted molar refractivity (Wildman–Crippen MR) is 147 cm³/mol. The van der Waals surface area contributed by atoms with Crippen molar-refractivity contribution in [3.8, 4) is 17.2 Å². The van der Waals surface area contributed by atoms with Crippen molar-refractivity contribution >= 4 is 29.0 Å². The first-order valence-electron chi connectivity index (χ1n) is 11.7. The molecule has 0 saturated heterocycles. The molecular formula is C29H30N6O2. The van der Waals surface area contributed by atoms with Crippen molar-refractivity contribution < 1.29 is 9.59 Å². The van der Waals surface area contributed by atoms with E-state index in [1.165, 1.54) is 13.1 Å². The maximum atomic E-state index is 13.0. The van der Waals surface area contributed by atoms with E-state index in [0.29, 0.717) is 22.6 Å². The van der Waals surface area contributed by atoms with Crippen molar-refractivity contribution in [3.63, 3.8) is 0 Å². The molecule has 8 nitrogen and oxygen atoms in total. The Kier molecular flexibility index (Phi) is 8.20. The molecule has 3 aromatic rings. The molecule has 0 radical (unpaired) electrons. The van der Waals surface area contributed by atoms with Crippen molar-refractivity contribution in [1.29, 1.82) is 5.26 Å². The molecule has 0 unspecified atom stereocenters. The van der Waals surface area contributed by atoms with Crippen LogP contribution >= 0.6 is 0 Å². The van der Waals surface area contributed by atoms with Gasteiger partial charge in [-0.1, -0.05) is 24.3 Å². The summed E-state index contributed by atoms with van der Waals surface area (Å²) in [5.74, 6) is -0.550. The smallest absolute Gasteiger partial charge is 0.255 e. The van der Waals surface area contributed by atoms with Gasteiger partial charge in [-0.15, -0.1) is 0 Å². The third-order valence-electron chi connectivity index (χ3n) is 5.77. The lowest BCUT2D eigenvalue weighted by Gasteiger charge is -2.16. The Balaban J connectivity index is 1.92. The number of nitrogens with two attached hydrogens (primary N) is 1. The van der Waals surface area contributed by atoms with Crippen LogP contribution in [0.5, 0.6) is 0 Å². The summed E-state index contributed by atoms with van der Waals surface area (Å²) < 4.78 is 0. The van der Waals surface area contributed by atoms with Gasteiger partial charge in [0, 0.05) is 43.2 Å². The molecule has 0 atom stereocenters. The highest BCUT2D eigenvalue weighted by atomic mass is 16.2. The first kappa shape index (κ1) is 26.8. The molecule has 0 spiro atoms. The molecule has 0 fully saturated rings. The van der Waals surface area contributed by atoms with Gasteiger partial charge >= 0.3 is 0 Å². The second-order valence-corrected chi connectivity index (χ2v) is 9.09. The van der Waals surface area contributed by atoms with E-state index in [1.807, 2.05) is 49.4 Å². The van der Waals surface area contributed by atoms with Crippen molar-refractivity contribution in [2.75, 3.05) is 12.4 Å². The zero-order valence-electron chi connectivity index (χ0n) is 21.6. The van der Waals surface area contributed by atoms with E-state index in [1.54, 1.807) is 39.1 Å². The molecule has 0 bridgehead atoms. The molecular weight excluding hydrogens is 464 g/mol. The van der Waals surface area contributed by atoms with Crippen molar-refractivity contribution in [3.05, 3.63) is 89.3 Å². The lowest BCUT2D eigenvalue weighted by atomic mass is 9.90. The van der Waals surface area contributed by atoms with E-state index < -0.39 is 5.41 Å². The molecule has 0 aliphatic rings. The number of anilines is 1. The van der Waals surface area contributed by atoms with Crippen LogP contribution in [0.2, 0.25) is 0 Å². The third kappa shape index (κ3) is 6.67. The molecule has 3 rings (SSSR count). The Morgan fingerprint density at radius 1 is 1.11 bits per heavy atom. The van der Waals surface area contributed by atoms with E-state index >= 15 is 0 Å². The van der Waals surface area contributed by atoms with Crippen LogP contribution in [0.3, 0.4) is 0 Å². The first-order chi connectivity index (χ1) is 17.5. The molecule has 1 aromatic heterocycles. The molecule has 0 saturated carbocycles. The summed E-state index contributed by atoms with van der Waals surface area (Å²) in [6.45, 7) is 6.86. The predicted octanol–water partition coefficient (Wildman–Crippen LogP) is 4.57. The molecule has 37 heavy (non-hydrogen) atoms. The molecule has 8 heteroatoms. The molecule has 0 aliphatic heterocycles. The fourth-order valence-electron chi connectivity index (χ4n) is 3.70. The topological polar surface area (TPSA) is 133 Å². The number of nitrogens with zero attached hydrogens (tertiary/aromatic N) is 3. The van der Waals surface area contributed by atoms with E-state index in [-0.39, 0.29) is 17.6 Å². The standard InChI is InChI=1S/C29H30N6O2/c1-18-9-10-23(35-28(37)22-11-12-33-26(14-22)29(3,4)17-30)15-24(18)20-7-6-8-21(13-20)25(32-5)16-27(31)34-19(2)36/h6-16,32H,1-5H3,(H,35,37)(H2,31,34,36)/b25-16-. The molecule has 0 aliphatic carbocycles. The second-order valence-electron chi connectivity index (χ2n) is 9.09. The minimum atomic E-state index is -0.804. The fraction of sp³-hybridized carbons (Fsp3) is 0.207. The highest BCUT2D eigenvalue weighted by Gasteiger charge is 2.22. The number of benzene rings is 2. The molecule has 1 heterocycles. The Hall–Kier alpha value is -4.77. The number of carbonyl (C=O) groups is 2. The number of nitriles is 1. The number of aryl methyl sites for hydroxylation is 1. The molecule has 4 N–H and O–H groups in total. The zero-order valence-corrected chi connectivity index (χ0v) is 21.6. The molecule has 188 valence electrons. The van der Waals surface area contributed by atoms with Gasteiger partial charge in [-0.05, 0) is 73.4 Å². The van der Waals surface area contributed by atoms with Gasteiger partial charge in [0.25, 0.3) is 5.91 Å². The summed E-state index contributed by atoms with van der Waals surface area (Å²) in [5.41, 5.74) is 11.1. The quantitative estimate of drug-likeness (QED) is 0.325. The summed E-state index contributed by atoms with van der Waals surface area (Å²) in [6.07, 6.45) is 3.15. The summed E-state index contributed by atoms with van der Waals surface area (Å²) in [6, 6.07) is 19.0. The van der Waals surface area contributed by atoms with Crippen molar-refractivity contribution in [2.45, 2.75) is 33.1 Å². The summed E-state index contributed by atoms with van der Waals surface area (Å²) in [5, 5.41) is 15.4. The zero-order chi connectivity index (χ0) is 27.2. The van der Waals surface area contributed by atoms with Gasteiger partial charge in [0.15, 0.2) is 0 Å². The Morgan fingerprint density at radius 3 is 2.54 bits per heavy atom.